The molecule has 0 spiro atoms. The number of carbonyl (C=O) groups excluding carboxylic acids is 2. The first-order chi connectivity index (χ1) is 19.8. The number of piperazine rings is 1. The highest BCUT2D eigenvalue weighted by Crippen LogP contribution is 2.37. The van der Waals surface area contributed by atoms with Crippen molar-refractivity contribution in [2.45, 2.75) is 24.8 Å². The number of hydrogen-bond donors (Lipinski definition) is 1. The lowest BCUT2D eigenvalue weighted by atomic mass is 9.98. The Morgan fingerprint density at radius 3 is 2.14 bits per heavy atom. The molecular weight excluding hydrogens is 584 g/mol. The Labute approximate surface area is 241 Å². The van der Waals surface area contributed by atoms with Crippen molar-refractivity contribution < 1.29 is 35.9 Å². The Bertz CT molecular complexity index is 1580. The molecule has 0 bridgehead atoms. The molecule has 5 rings (SSSR count). The van der Waals surface area contributed by atoms with Crippen LogP contribution >= 0.6 is 11.6 Å². The Morgan fingerprint density at radius 2 is 1.50 bits per heavy atom. The molecule has 1 amide bonds. The van der Waals surface area contributed by atoms with Gasteiger partial charge in [0.2, 0.25) is 0 Å². The van der Waals surface area contributed by atoms with Crippen molar-refractivity contribution in [2.24, 2.45) is 0 Å². The van der Waals surface area contributed by atoms with E-state index < -0.39 is 41.0 Å². The number of hydrogen-bond acceptors (Lipinski definition) is 3. The van der Waals surface area contributed by atoms with Crippen molar-refractivity contribution in [3.05, 3.63) is 106 Å². The van der Waals surface area contributed by atoms with Gasteiger partial charge in [-0.1, -0.05) is 29.8 Å². The number of Topliss-reactive ketones (excluding diaryl/α,β-unsaturated/α-hetero) is 1. The van der Waals surface area contributed by atoms with Crippen LogP contribution < -0.4 is 0 Å². The van der Waals surface area contributed by atoms with E-state index in [-0.39, 0.29) is 44.4 Å². The van der Waals surface area contributed by atoms with Crippen LogP contribution in [0.15, 0.2) is 72.9 Å². The van der Waals surface area contributed by atoms with E-state index in [4.69, 9.17) is 11.6 Å². The molecule has 1 aliphatic rings. The van der Waals surface area contributed by atoms with Crippen molar-refractivity contribution in [2.75, 3.05) is 26.2 Å². The fourth-order valence-corrected chi connectivity index (χ4v) is 5.36. The number of fused-ring (bicyclic) bond motifs is 1. The molecule has 0 unspecified atom stereocenters. The third-order valence-electron chi connectivity index (χ3n) is 7.33. The second kappa shape index (κ2) is 11.4. The second-order valence-corrected chi connectivity index (χ2v) is 10.6. The van der Waals surface area contributed by atoms with Crippen LogP contribution in [0.25, 0.3) is 10.9 Å². The maximum atomic E-state index is 13.6. The Balaban J connectivity index is 1.46. The average molecular weight is 608 g/mol. The number of para-hydroxylation sites is 1. The zero-order valence-electron chi connectivity index (χ0n) is 21.9. The number of carbonyl (C=O) groups is 2. The van der Waals surface area contributed by atoms with Crippen LogP contribution in [0.3, 0.4) is 0 Å². The fraction of sp³-hybridized carbons (Fsp3) is 0.267. The van der Waals surface area contributed by atoms with Crippen LogP contribution in [0, 0.1) is 0 Å². The molecule has 220 valence electrons. The van der Waals surface area contributed by atoms with Gasteiger partial charge in [-0.3, -0.25) is 14.5 Å². The van der Waals surface area contributed by atoms with Gasteiger partial charge in [0.25, 0.3) is 5.91 Å². The SMILES string of the molecule is O=C(CN1CCN(C(=O)c2cc(C(F)(F)F)cc(C(F)(F)F)c2)[C@H](Cc2c[nH]c3ccccc23)C1)c1ccc(Cl)cc1. The predicted octanol–water partition coefficient (Wildman–Crippen LogP) is 7.11. The summed E-state index contributed by atoms with van der Waals surface area (Å²) in [5.41, 5.74) is -1.72. The van der Waals surface area contributed by atoms with Crippen LogP contribution in [0.2, 0.25) is 5.02 Å². The molecular formula is C30H24ClF6N3O2. The zero-order valence-corrected chi connectivity index (χ0v) is 22.7. The lowest BCUT2D eigenvalue weighted by molar-refractivity contribution is -0.143. The van der Waals surface area contributed by atoms with Gasteiger partial charge in [-0.05, 0) is 60.5 Å². The Morgan fingerprint density at radius 1 is 0.857 bits per heavy atom. The summed E-state index contributed by atoms with van der Waals surface area (Å²) in [6.07, 6.45) is -8.15. The summed E-state index contributed by atoms with van der Waals surface area (Å²) in [4.78, 5) is 32.8. The smallest absolute Gasteiger partial charge is 0.361 e. The number of benzene rings is 3. The molecule has 1 atom stereocenters. The van der Waals surface area contributed by atoms with Gasteiger partial charge in [0, 0.05) is 58.9 Å². The van der Waals surface area contributed by atoms with Gasteiger partial charge in [0.05, 0.1) is 17.7 Å². The number of H-pyrrole nitrogens is 1. The molecule has 1 fully saturated rings. The summed E-state index contributed by atoms with van der Waals surface area (Å²) in [7, 11) is 0. The van der Waals surface area contributed by atoms with Crippen LogP contribution in [0.5, 0.6) is 0 Å². The van der Waals surface area contributed by atoms with Crippen molar-refractivity contribution in [1.29, 1.82) is 0 Å². The fourth-order valence-electron chi connectivity index (χ4n) is 5.23. The Kier molecular flexibility index (Phi) is 8.08. The minimum Gasteiger partial charge on any atom is -0.361 e. The topological polar surface area (TPSA) is 56.4 Å². The second-order valence-electron chi connectivity index (χ2n) is 10.2. The lowest BCUT2D eigenvalue weighted by Crippen LogP contribution is -2.56. The van der Waals surface area contributed by atoms with E-state index in [9.17, 15) is 35.9 Å². The molecule has 42 heavy (non-hydrogen) atoms. The van der Waals surface area contributed by atoms with Crippen LogP contribution in [0.1, 0.15) is 37.4 Å². The van der Waals surface area contributed by atoms with E-state index in [2.05, 4.69) is 4.98 Å². The zero-order chi connectivity index (χ0) is 30.2. The molecule has 12 heteroatoms. The number of aromatic nitrogens is 1. The molecule has 0 radical (unpaired) electrons. The van der Waals surface area contributed by atoms with Gasteiger partial charge in [-0.2, -0.15) is 26.3 Å². The van der Waals surface area contributed by atoms with Crippen LogP contribution in [-0.4, -0.2) is 58.7 Å². The number of aromatic amines is 1. The van der Waals surface area contributed by atoms with Crippen molar-refractivity contribution in [3.63, 3.8) is 0 Å². The van der Waals surface area contributed by atoms with Gasteiger partial charge < -0.3 is 9.88 Å². The summed E-state index contributed by atoms with van der Waals surface area (Å²) >= 11 is 5.92. The summed E-state index contributed by atoms with van der Waals surface area (Å²) in [5.74, 6) is -1.13. The molecule has 0 aliphatic carbocycles. The molecule has 3 aromatic carbocycles. The van der Waals surface area contributed by atoms with E-state index in [0.717, 1.165) is 16.5 Å². The molecule has 5 nitrogen and oxygen atoms in total. The highest BCUT2D eigenvalue weighted by atomic mass is 35.5. The molecule has 0 saturated carbocycles. The lowest BCUT2D eigenvalue weighted by Gasteiger charge is -2.41. The minimum absolute atomic E-state index is 0.000512. The number of ketones is 1. The normalized spacial score (nSPS) is 16.6. The maximum Gasteiger partial charge on any atom is 0.416 e. The number of halogens is 7. The predicted molar refractivity (Wildman–Crippen MR) is 145 cm³/mol. The first-order valence-corrected chi connectivity index (χ1v) is 13.3. The van der Waals surface area contributed by atoms with Crippen molar-refractivity contribution in [1.82, 2.24) is 14.8 Å². The van der Waals surface area contributed by atoms with E-state index in [1.165, 1.54) is 4.90 Å². The first kappa shape index (κ1) is 29.7. The average Bonchev–Trinajstić information content (AvgIpc) is 3.34. The third kappa shape index (κ3) is 6.47. The van der Waals surface area contributed by atoms with E-state index in [0.29, 0.717) is 22.7 Å². The highest BCUT2D eigenvalue weighted by Gasteiger charge is 2.39. The standard InChI is InChI=1S/C30H24ClF6N3O2/c31-23-7-5-18(6-8-23)27(41)17-39-9-10-40(24(16-39)13-20-15-38-26-4-2-1-3-25(20)26)28(42)19-11-21(29(32,33)34)14-22(12-19)30(35,36)37/h1-8,11-12,14-15,24,38H,9-10,13,16-17H2/t24-/m1/s1. The van der Waals surface area contributed by atoms with E-state index in [1.54, 1.807) is 30.5 Å². The van der Waals surface area contributed by atoms with Crippen LogP contribution in [0.4, 0.5) is 26.3 Å². The summed E-state index contributed by atoms with van der Waals surface area (Å²) < 4.78 is 81.1. The summed E-state index contributed by atoms with van der Waals surface area (Å²) in [5, 5.41) is 1.35. The number of nitrogens with one attached hydrogen (secondary N) is 1. The molecule has 2 heterocycles. The monoisotopic (exact) mass is 607 g/mol. The van der Waals surface area contributed by atoms with Crippen molar-refractivity contribution in [3.8, 4) is 0 Å². The van der Waals surface area contributed by atoms with Crippen LogP contribution in [-0.2, 0) is 18.8 Å². The summed E-state index contributed by atoms with van der Waals surface area (Å²) in [6, 6.07) is 14.1. The van der Waals surface area contributed by atoms with Gasteiger partial charge in [-0.15, -0.1) is 0 Å². The van der Waals surface area contributed by atoms with E-state index in [1.807, 2.05) is 29.2 Å². The number of nitrogens with zero attached hydrogens (tertiary/aromatic N) is 2. The van der Waals surface area contributed by atoms with Gasteiger partial charge >= 0.3 is 12.4 Å². The minimum atomic E-state index is -5.08. The third-order valence-corrected chi connectivity index (χ3v) is 7.58. The molecule has 1 N–H and O–H groups in total. The molecule has 4 aromatic rings. The Hall–Kier alpha value is -3.83. The number of rotatable bonds is 6. The largest absolute Gasteiger partial charge is 0.416 e. The van der Waals surface area contributed by atoms with Gasteiger partial charge in [0.15, 0.2) is 5.78 Å². The number of amides is 1. The number of alkyl halides is 6. The maximum absolute atomic E-state index is 13.6. The van der Waals surface area contributed by atoms with Gasteiger partial charge in [-0.25, -0.2) is 0 Å². The molecule has 1 aliphatic heterocycles. The quantitative estimate of drug-likeness (QED) is 0.188. The van der Waals surface area contributed by atoms with E-state index >= 15 is 0 Å². The van der Waals surface area contributed by atoms with Crippen molar-refractivity contribution >= 4 is 34.2 Å². The first-order valence-electron chi connectivity index (χ1n) is 13.0. The molecule has 1 saturated heterocycles. The van der Waals surface area contributed by atoms with Gasteiger partial charge in [0.1, 0.15) is 0 Å². The highest BCUT2D eigenvalue weighted by molar-refractivity contribution is 6.30. The summed E-state index contributed by atoms with van der Waals surface area (Å²) in [6.45, 7) is 0.378. The molecule has 1 aromatic heterocycles.